The molecule has 0 unspecified atom stereocenters. The van der Waals surface area contributed by atoms with E-state index in [-0.39, 0.29) is 0 Å². The molecule has 2 amide bonds. The standard InChI is InChI=1S/C33H48N4O8/c1-30(2,3)42-27(38)33(10,45-37-29(40)44-32(7,8)9)25-15-12-22-19-21(11-14-24(22)41-25)23-13-16-26(36-20-23)34-17-18-35-28(39)43-31(4,5)6/h11,13-14,16,19-20,25H,12,15,17-18H2,1-10H3,(H,34,36)(H,35,39)(H,37,40)/t25-,33+/m1/s1. The minimum atomic E-state index is -1.66. The molecule has 0 saturated heterocycles. The summed E-state index contributed by atoms with van der Waals surface area (Å²) < 4.78 is 22.4. The molecule has 3 N–H and O–H groups in total. The number of fused-ring (bicyclic) bond motifs is 1. The fourth-order valence-electron chi connectivity index (χ4n) is 4.36. The fraction of sp³-hybridized carbons (Fsp3) is 0.576. The number of nitrogens with zero attached hydrogens (tertiary/aromatic N) is 1. The van der Waals surface area contributed by atoms with E-state index in [9.17, 15) is 14.4 Å². The van der Waals surface area contributed by atoms with Crippen LogP contribution in [0.25, 0.3) is 11.1 Å². The number of aryl methyl sites for hydroxylation is 1. The normalized spacial score (nSPS) is 16.3. The van der Waals surface area contributed by atoms with Crippen LogP contribution in [0.15, 0.2) is 36.5 Å². The van der Waals surface area contributed by atoms with Crippen molar-refractivity contribution >= 4 is 24.0 Å². The van der Waals surface area contributed by atoms with E-state index < -0.39 is 46.7 Å². The third-order valence-corrected chi connectivity index (χ3v) is 6.37. The highest BCUT2D eigenvalue weighted by atomic mass is 16.7. The largest absolute Gasteiger partial charge is 0.486 e. The van der Waals surface area contributed by atoms with Crippen molar-refractivity contribution in [2.75, 3.05) is 18.4 Å². The Balaban J connectivity index is 1.66. The number of ether oxygens (including phenoxy) is 4. The van der Waals surface area contributed by atoms with Gasteiger partial charge in [0.1, 0.15) is 34.5 Å². The molecule has 12 nitrogen and oxygen atoms in total. The molecule has 0 bridgehead atoms. The number of hydrogen-bond acceptors (Lipinski definition) is 10. The predicted molar refractivity (Wildman–Crippen MR) is 170 cm³/mol. The van der Waals surface area contributed by atoms with Crippen LogP contribution in [0.2, 0.25) is 0 Å². The molecule has 2 aromatic rings. The average molecular weight is 629 g/mol. The minimum Gasteiger partial charge on any atom is -0.486 e. The van der Waals surface area contributed by atoms with Crippen LogP contribution in [0.5, 0.6) is 5.75 Å². The van der Waals surface area contributed by atoms with Crippen LogP contribution in [-0.2, 0) is 30.3 Å². The van der Waals surface area contributed by atoms with Crippen LogP contribution in [0.3, 0.4) is 0 Å². The van der Waals surface area contributed by atoms with E-state index in [0.717, 1.165) is 16.7 Å². The molecular weight excluding hydrogens is 580 g/mol. The molecule has 1 aliphatic heterocycles. The Morgan fingerprint density at radius 3 is 2.04 bits per heavy atom. The SMILES string of the molecule is CC(C)(C)OC(=O)NCCNc1ccc(-c2ccc3c(c2)CC[C@H]([C@](C)(ONC(=O)OC(C)(C)C)C(=O)OC(C)(C)C)O3)cn1. The van der Waals surface area contributed by atoms with Gasteiger partial charge in [-0.15, -0.1) is 0 Å². The quantitative estimate of drug-likeness (QED) is 0.132. The topological polar surface area (TPSA) is 146 Å². The summed E-state index contributed by atoms with van der Waals surface area (Å²) in [4.78, 5) is 47.7. The van der Waals surface area contributed by atoms with Crippen molar-refractivity contribution in [3.63, 3.8) is 0 Å². The van der Waals surface area contributed by atoms with E-state index in [4.69, 9.17) is 23.8 Å². The molecule has 2 heterocycles. The second-order valence-electron chi connectivity index (χ2n) is 14.1. The number of anilines is 1. The Morgan fingerprint density at radius 1 is 0.822 bits per heavy atom. The average Bonchev–Trinajstić information content (AvgIpc) is 2.91. The molecule has 2 atom stereocenters. The maximum Gasteiger partial charge on any atom is 0.431 e. The Labute approximate surface area is 265 Å². The third kappa shape index (κ3) is 11.1. The molecule has 0 radical (unpaired) electrons. The Morgan fingerprint density at radius 2 is 1.44 bits per heavy atom. The number of esters is 1. The van der Waals surface area contributed by atoms with Crippen molar-refractivity contribution in [3.05, 3.63) is 42.1 Å². The molecular formula is C33H48N4O8. The maximum atomic E-state index is 13.4. The van der Waals surface area contributed by atoms with Crippen LogP contribution >= 0.6 is 0 Å². The van der Waals surface area contributed by atoms with Gasteiger partial charge >= 0.3 is 18.2 Å². The number of aromatic nitrogens is 1. The lowest BCUT2D eigenvalue weighted by atomic mass is 9.89. The zero-order valence-corrected chi connectivity index (χ0v) is 28.1. The van der Waals surface area contributed by atoms with Gasteiger partial charge in [-0.05, 0) is 117 Å². The molecule has 0 fully saturated rings. The zero-order chi connectivity index (χ0) is 33.6. The van der Waals surface area contributed by atoms with E-state index in [1.807, 2.05) is 51.1 Å². The second kappa shape index (κ2) is 13.9. The zero-order valence-electron chi connectivity index (χ0n) is 28.1. The first-order valence-electron chi connectivity index (χ1n) is 15.1. The molecule has 45 heavy (non-hydrogen) atoms. The van der Waals surface area contributed by atoms with Crippen LogP contribution in [0.1, 0.15) is 81.2 Å². The predicted octanol–water partition coefficient (Wildman–Crippen LogP) is 5.94. The van der Waals surface area contributed by atoms with Crippen LogP contribution in [0.4, 0.5) is 15.4 Å². The molecule has 0 spiro atoms. The highest BCUT2D eigenvalue weighted by Gasteiger charge is 2.50. The van der Waals surface area contributed by atoms with Crippen molar-refractivity contribution in [1.29, 1.82) is 0 Å². The number of rotatable bonds is 9. The summed E-state index contributed by atoms with van der Waals surface area (Å²) >= 11 is 0. The number of amides is 2. The van der Waals surface area contributed by atoms with Gasteiger partial charge in [-0.3, -0.25) is 0 Å². The van der Waals surface area contributed by atoms with Crippen LogP contribution in [-0.4, -0.2) is 64.7 Å². The molecule has 248 valence electrons. The number of alkyl carbamates (subject to hydrolysis) is 1. The van der Waals surface area contributed by atoms with E-state index in [1.54, 1.807) is 47.7 Å². The Hall–Kier alpha value is -4.06. The van der Waals surface area contributed by atoms with Gasteiger partial charge in [0.05, 0.1) is 0 Å². The summed E-state index contributed by atoms with van der Waals surface area (Å²) in [5.74, 6) is 0.612. The summed E-state index contributed by atoms with van der Waals surface area (Å²) in [5.41, 5.74) is 1.35. The molecule has 0 aliphatic carbocycles. The summed E-state index contributed by atoms with van der Waals surface area (Å²) in [6, 6.07) is 9.63. The first kappa shape index (κ1) is 35.4. The maximum absolute atomic E-state index is 13.4. The number of nitrogens with one attached hydrogen (secondary N) is 3. The summed E-state index contributed by atoms with van der Waals surface area (Å²) in [6.45, 7) is 18.3. The van der Waals surface area contributed by atoms with Gasteiger partial charge in [0, 0.05) is 24.8 Å². The number of carbonyl (C=O) groups excluding carboxylic acids is 3. The van der Waals surface area contributed by atoms with E-state index >= 15 is 0 Å². The third-order valence-electron chi connectivity index (χ3n) is 6.37. The molecule has 1 aromatic carbocycles. The lowest BCUT2D eigenvalue weighted by molar-refractivity contribution is -0.205. The van der Waals surface area contributed by atoms with Gasteiger partial charge in [0.15, 0.2) is 0 Å². The van der Waals surface area contributed by atoms with Gasteiger partial charge in [0.25, 0.3) is 0 Å². The van der Waals surface area contributed by atoms with Gasteiger partial charge in [-0.1, -0.05) is 6.07 Å². The van der Waals surface area contributed by atoms with E-state index in [2.05, 4.69) is 21.1 Å². The van der Waals surface area contributed by atoms with Crippen molar-refractivity contribution in [3.8, 4) is 16.9 Å². The lowest BCUT2D eigenvalue weighted by Crippen LogP contribution is -2.58. The highest BCUT2D eigenvalue weighted by Crippen LogP contribution is 2.36. The number of benzene rings is 1. The van der Waals surface area contributed by atoms with E-state index in [1.165, 1.54) is 6.92 Å². The first-order chi connectivity index (χ1) is 20.7. The lowest BCUT2D eigenvalue weighted by Gasteiger charge is -2.39. The molecule has 1 aromatic heterocycles. The number of hydroxylamine groups is 1. The second-order valence-corrected chi connectivity index (χ2v) is 14.1. The Kier molecular flexibility index (Phi) is 11.0. The molecule has 0 saturated carbocycles. The minimum absolute atomic E-state index is 0.388. The fourth-order valence-corrected chi connectivity index (χ4v) is 4.36. The van der Waals surface area contributed by atoms with Crippen molar-refractivity contribution in [1.82, 2.24) is 15.8 Å². The van der Waals surface area contributed by atoms with Gasteiger partial charge in [0.2, 0.25) is 5.60 Å². The molecule has 1 aliphatic rings. The van der Waals surface area contributed by atoms with Crippen molar-refractivity contribution in [2.24, 2.45) is 0 Å². The monoisotopic (exact) mass is 628 g/mol. The summed E-state index contributed by atoms with van der Waals surface area (Å²) in [6.07, 6.45) is 0.756. The van der Waals surface area contributed by atoms with E-state index in [0.29, 0.717) is 37.5 Å². The van der Waals surface area contributed by atoms with Crippen molar-refractivity contribution < 1.29 is 38.2 Å². The van der Waals surface area contributed by atoms with Gasteiger partial charge in [-0.2, -0.15) is 5.48 Å². The number of pyridine rings is 1. The molecule has 3 rings (SSSR count). The summed E-state index contributed by atoms with van der Waals surface area (Å²) in [7, 11) is 0. The Bertz CT molecular complexity index is 1340. The molecule has 12 heteroatoms. The number of hydrogen-bond donors (Lipinski definition) is 3. The van der Waals surface area contributed by atoms with Crippen LogP contribution in [0, 0.1) is 0 Å². The first-order valence-corrected chi connectivity index (χ1v) is 15.1. The highest BCUT2D eigenvalue weighted by molar-refractivity contribution is 5.81. The number of carbonyl (C=O) groups is 3. The summed E-state index contributed by atoms with van der Waals surface area (Å²) in [5, 5.41) is 5.88. The van der Waals surface area contributed by atoms with Crippen LogP contribution < -0.4 is 20.9 Å². The van der Waals surface area contributed by atoms with Gasteiger partial charge < -0.3 is 29.6 Å². The smallest absolute Gasteiger partial charge is 0.431 e. The van der Waals surface area contributed by atoms with Crippen molar-refractivity contribution in [2.45, 2.75) is 111 Å². The van der Waals surface area contributed by atoms with Gasteiger partial charge in [-0.25, -0.2) is 24.2 Å².